The average Bonchev–Trinajstić information content (AvgIpc) is 2.79. The molecular weight excluding hydrogens is 367 g/mol. The fraction of sp³-hybridized carbons (Fsp3) is 0.208. The zero-order valence-electron chi connectivity index (χ0n) is 16.1. The molecule has 3 aromatic rings. The highest BCUT2D eigenvalue weighted by atomic mass is 19.1. The highest BCUT2D eigenvalue weighted by Crippen LogP contribution is 2.23. The van der Waals surface area contributed by atoms with E-state index in [9.17, 15) is 9.18 Å². The Morgan fingerprint density at radius 3 is 2.21 bits per heavy atom. The van der Waals surface area contributed by atoms with Gasteiger partial charge in [0, 0.05) is 31.9 Å². The van der Waals surface area contributed by atoms with E-state index in [1.165, 1.54) is 17.8 Å². The van der Waals surface area contributed by atoms with Crippen LogP contribution in [0.15, 0.2) is 78.9 Å². The van der Waals surface area contributed by atoms with Crippen molar-refractivity contribution in [3.8, 4) is 5.75 Å². The minimum absolute atomic E-state index is 0.0209. The lowest BCUT2D eigenvalue weighted by atomic mass is 10.1. The summed E-state index contributed by atoms with van der Waals surface area (Å²) in [6.07, 6.45) is 0. The van der Waals surface area contributed by atoms with Crippen LogP contribution in [-0.4, -0.2) is 37.0 Å². The van der Waals surface area contributed by atoms with Gasteiger partial charge in [0.25, 0.3) is 5.91 Å². The summed E-state index contributed by atoms with van der Waals surface area (Å²) < 4.78 is 19.0. The molecule has 5 heteroatoms. The van der Waals surface area contributed by atoms with Crippen LogP contribution >= 0.6 is 0 Å². The first-order valence-electron chi connectivity index (χ1n) is 9.76. The fourth-order valence-corrected chi connectivity index (χ4v) is 3.49. The summed E-state index contributed by atoms with van der Waals surface area (Å²) in [5, 5.41) is 0. The second-order valence-electron chi connectivity index (χ2n) is 7.03. The van der Waals surface area contributed by atoms with Gasteiger partial charge in [-0.05, 0) is 42.0 Å². The molecule has 0 radical (unpaired) electrons. The van der Waals surface area contributed by atoms with Crippen LogP contribution in [-0.2, 0) is 6.61 Å². The van der Waals surface area contributed by atoms with E-state index >= 15 is 0 Å². The molecule has 0 aromatic heterocycles. The number of benzene rings is 3. The zero-order chi connectivity index (χ0) is 20.1. The minimum Gasteiger partial charge on any atom is -0.488 e. The largest absolute Gasteiger partial charge is 0.488 e. The second kappa shape index (κ2) is 8.78. The lowest BCUT2D eigenvalue weighted by molar-refractivity contribution is 0.0742. The summed E-state index contributed by atoms with van der Waals surface area (Å²) in [4.78, 5) is 17.3. The Hall–Kier alpha value is -3.34. The predicted octanol–water partition coefficient (Wildman–Crippen LogP) is 4.37. The molecule has 0 saturated carbocycles. The summed E-state index contributed by atoms with van der Waals surface area (Å²) in [5.74, 6) is 0.249. The van der Waals surface area contributed by atoms with Gasteiger partial charge < -0.3 is 14.5 Å². The van der Waals surface area contributed by atoms with Crippen LogP contribution in [0.2, 0.25) is 0 Å². The molecule has 0 aliphatic carbocycles. The molecule has 4 rings (SSSR count). The standard InChI is InChI=1S/C24H23FN2O2/c25-20-12-10-19(11-13-20)18-29-23-9-5-4-8-22(23)24(28)27-16-14-26(15-17-27)21-6-2-1-3-7-21/h1-13H,14-18H2. The van der Waals surface area contributed by atoms with Gasteiger partial charge in [-0.1, -0.05) is 42.5 Å². The normalized spacial score (nSPS) is 14.0. The summed E-state index contributed by atoms with van der Waals surface area (Å²) in [7, 11) is 0. The van der Waals surface area contributed by atoms with Crippen molar-refractivity contribution in [2.75, 3.05) is 31.1 Å². The molecule has 3 aromatic carbocycles. The van der Waals surface area contributed by atoms with Gasteiger partial charge in [-0.2, -0.15) is 0 Å². The molecule has 1 fully saturated rings. The van der Waals surface area contributed by atoms with Crippen LogP contribution in [0.25, 0.3) is 0 Å². The van der Waals surface area contributed by atoms with E-state index in [0.29, 0.717) is 24.4 Å². The Balaban J connectivity index is 1.41. The Kier molecular flexibility index (Phi) is 5.75. The number of hydrogen-bond donors (Lipinski definition) is 0. The number of piperazine rings is 1. The molecule has 1 aliphatic heterocycles. The summed E-state index contributed by atoms with van der Waals surface area (Å²) in [5.41, 5.74) is 2.59. The summed E-state index contributed by atoms with van der Waals surface area (Å²) >= 11 is 0. The van der Waals surface area contributed by atoms with Gasteiger partial charge in [-0.15, -0.1) is 0 Å². The van der Waals surface area contributed by atoms with Gasteiger partial charge in [0.1, 0.15) is 18.2 Å². The van der Waals surface area contributed by atoms with E-state index in [1.54, 1.807) is 24.3 Å². The quantitative estimate of drug-likeness (QED) is 0.649. The van der Waals surface area contributed by atoms with Crippen molar-refractivity contribution in [1.29, 1.82) is 0 Å². The van der Waals surface area contributed by atoms with Gasteiger partial charge in [0.05, 0.1) is 5.56 Å². The van der Waals surface area contributed by atoms with Crippen LogP contribution in [0.4, 0.5) is 10.1 Å². The van der Waals surface area contributed by atoms with Crippen molar-refractivity contribution in [2.24, 2.45) is 0 Å². The molecule has 0 spiro atoms. The third-order valence-electron chi connectivity index (χ3n) is 5.11. The number of carbonyl (C=O) groups is 1. The van der Waals surface area contributed by atoms with E-state index in [-0.39, 0.29) is 18.3 Å². The van der Waals surface area contributed by atoms with Crippen molar-refractivity contribution in [3.63, 3.8) is 0 Å². The van der Waals surface area contributed by atoms with E-state index in [1.807, 2.05) is 35.2 Å². The molecule has 29 heavy (non-hydrogen) atoms. The SMILES string of the molecule is O=C(c1ccccc1OCc1ccc(F)cc1)N1CCN(c2ccccc2)CC1. The van der Waals surface area contributed by atoms with Crippen molar-refractivity contribution in [3.05, 3.63) is 95.8 Å². The third-order valence-corrected chi connectivity index (χ3v) is 5.11. The van der Waals surface area contributed by atoms with E-state index in [4.69, 9.17) is 4.74 Å². The number of halogens is 1. The van der Waals surface area contributed by atoms with Crippen LogP contribution in [0, 0.1) is 5.82 Å². The Bertz CT molecular complexity index is 952. The lowest BCUT2D eigenvalue weighted by Crippen LogP contribution is -2.48. The van der Waals surface area contributed by atoms with Crippen molar-refractivity contribution in [2.45, 2.75) is 6.61 Å². The topological polar surface area (TPSA) is 32.8 Å². The number of hydrogen-bond acceptors (Lipinski definition) is 3. The van der Waals surface area contributed by atoms with E-state index in [0.717, 1.165) is 18.7 Å². The van der Waals surface area contributed by atoms with Crippen molar-refractivity contribution in [1.82, 2.24) is 4.90 Å². The fourth-order valence-electron chi connectivity index (χ4n) is 3.49. The number of ether oxygens (including phenoxy) is 1. The first-order valence-corrected chi connectivity index (χ1v) is 9.76. The van der Waals surface area contributed by atoms with Crippen molar-refractivity contribution < 1.29 is 13.9 Å². The van der Waals surface area contributed by atoms with Crippen LogP contribution < -0.4 is 9.64 Å². The number of para-hydroxylation sites is 2. The highest BCUT2D eigenvalue weighted by Gasteiger charge is 2.24. The lowest BCUT2D eigenvalue weighted by Gasteiger charge is -2.36. The molecule has 148 valence electrons. The Morgan fingerprint density at radius 1 is 0.828 bits per heavy atom. The number of rotatable bonds is 5. The molecule has 1 heterocycles. The maximum atomic E-state index is 13.1. The molecule has 1 aliphatic rings. The maximum Gasteiger partial charge on any atom is 0.257 e. The Morgan fingerprint density at radius 2 is 1.48 bits per heavy atom. The average molecular weight is 390 g/mol. The highest BCUT2D eigenvalue weighted by molar-refractivity contribution is 5.97. The van der Waals surface area contributed by atoms with Crippen LogP contribution in [0.5, 0.6) is 5.75 Å². The van der Waals surface area contributed by atoms with Gasteiger partial charge in [-0.25, -0.2) is 4.39 Å². The molecule has 0 N–H and O–H groups in total. The summed E-state index contributed by atoms with van der Waals surface area (Å²) in [6, 6.07) is 23.7. The molecule has 1 saturated heterocycles. The second-order valence-corrected chi connectivity index (χ2v) is 7.03. The third kappa shape index (κ3) is 4.57. The number of amides is 1. The van der Waals surface area contributed by atoms with Gasteiger partial charge >= 0.3 is 0 Å². The number of carbonyl (C=O) groups excluding carboxylic acids is 1. The minimum atomic E-state index is -0.279. The summed E-state index contributed by atoms with van der Waals surface area (Å²) in [6.45, 7) is 3.22. The number of anilines is 1. The molecule has 1 amide bonds. The van der Waals surface area contributed by atoms with Gasteiger partial charge in [0.15, 0.2) is 0 Å². The first-order chi connectivity index (χ1) is 14.2. The smallest absolute Gasteiger partial charge is 0.257 e. The predicted molar refractivity (Wildman–Crippen MR) is 112 cm³/mol. The van der Waals surface area contributed by atoms with Crippen LogP contribution in [0.1, 0.15) is 15.9 Å². The monoisotopic (exact) mass is 390 g/mol. The number of nitrogens with zero attached hydrogens (tertiary/aromatic N) is 2. The molecule has 0 bridgehead atoms. The molecule has 0 unspecified atom stereocenters. The first kappa shape index (κ1) is 19.0. The molecule has 0 atom stereocenters. The molecular formula is C24H23FN2O2. The van der Waals surface area contributed by atoms with E-state index < -0.39 is 0 Å². The molecule has 4 nitrogen and oxygen atoms in total. The zero-order valence-corrected chi connectivity index (χ0v) is 16.1. The van der Waals surface area contributed by atoms with Crippen LogP contribution in [0.3, 0.4) is 0 Å². The maximum absolute atomic E-state index is 13.1. The van der Waals surface area contributed by atoms with Crippen molar-refractivity contribution >= 4 is 11.6 Å². The Labute approximate surface area is 170 Å². The van der Waals surface area contributed by atoms with Gasteiger partial charge in [0.2, 0.25) is 0 Å². The van der Waals surface area contributed by atoms with Gasteiger partial charge in [-0.3, -0.25) is 4.79 Å². The van der Waals surface area contributed by atoms with E-state index in [2.05, 4.69) is 17.0 Å².